The smallest absolute Gasteiger partial charge is 0.243 e. The van der Waals surface area contributed by atoms with E-state index >= 15 is 0 Å². The lowest BCUT2D eigenvalue weighted by atomic mass is 10.1. The van der Waals surface area contributed by atoms with Crippen LogP contribution < -0.4 is 11.2 Å². The molecule has 0 spiro atoms. The summed E-state index contributed by atoms with van der Waals surface area (Å²) in [6.07, 6.45) is 12.6. The third-order valence-corrected chi connectivity index (χ3v) is 2.98. The van der Waals surface area contributed by atoms with Gasteiger partial charge in [0.1, 0.15) is 0 Å². The van der Waals surface area contributed by atoms with E-state index < -0.39 is 0 Å². The lowest BCUT2D eigenvalue weighted by Crippen LogP contribution is -2.17. The highest BCUT2D eigenvalue weighted by atomic mass is 16.5. The molecule has 4 nitrogen and oxygen atoms in total. The van der Waals surface area contributed by atoms with Crippen molar-refractivity contribution in [2.45, 2.75) is 70.6 Å². The molecule has 0 unspecified atom stereocenters. The normalized spacial score (nSPS) is 10.5. The lowest BCUT2D eigenvalue weighted by molar-refractivity contribution is -0.129. The quantitative estimate of drug-likeness (QED) is 0.281. The minimum Gasteiger partial charge on any atom is -0.330 e. The van der Waals surface area contributed by atoms with E-state index in [1.807, 2.05) is 0 Å². The van der Waals surface area contributed by atoms with Crippen molar-refractivity contribution in [2.75, 3.05) is 6.54 Å². The monoisotopic (exact) mass is 244 g/mol. The number of carbonyl (C=O) groups is 1. The van der Waals surface area contributed by atoms with Crippen LogP contribution in [0.4, 0.5) is 0 Å². The summed E-state index contributed by atoms with van der Waals surface area (Å²) >= 11 is 0. The van der Waals surface area contributed by atoms with E-state index in [0.29, 0.717) is 6.42 Å². The zero-order chi connectivity index (χ0) is 12.8. The highest BCUT2D eigenvalue weighted by Gasteiger charge is 1.98. The lowest BCUT2D eigenvalue weighted by Gasteiger charge is -2.02. The van der Waals surface area contributed by atoms with Gasteiger partial charge in [-0.25, -0.2) is 5.48 Å². The van der Waals surface area contributed by atoms with Crippen molar-refractivity contribution >= 4 is 5.91 Å². The van der Waals surface area contributed by atoms with Gasteiger partial charge in [0.25, 0.3) is 0 Å². The second kappa shape index (κ2) is 13.5. The number of nitrogens with two attached hydrogens (primary N) is 1. The van der Waals surface area contributed by atoms with Gasteiger partial charge in [0, 0.05) is 6.42 Å². The Morgan fingerprint density at radius 2 is 1.24 bits per heavy atom. The summed E-state index contributed by atoms with van der Waals surface area (Å²) in [5, 5.41) is 8.29. The van der Waals surface area contributed by atoms with E-state index in [1.54, 1.807) is 5.48 Å². The number of hydrogen-bond donors (Lipinski definition) is 3. The van der Waals surface area contributed by atoms with Crippen LogP contribution in [0.5, 0.6) is 0 Å². The van der Waals surface area contributed by atoms with Crippen LogP contribution in [0.15, 0.2) is 0 Å². The molecule has 4 heteroatoms. The molecule has 0 aliphatic carbocycles. The molecule has 0 aromatic carbocycles. The highest BCUT2D eigenvalue weighted by molar-refractivity contribution is 5.74. The van der Waals surface area contributed by atoms with Gasteiger partial charge in [0.05, 0.1) is 0 Å². The summed E-state index contributed by atoms with van der Waals surface area (Å²) in [4.78, 5) is 10.7. The van der Waals surface area contributed by atoms with E-state index in [1.165, 1.54) is 44.9 Å². The Morgan fingerprint density at radius 3 is 1.65 bits per heavy atom. The van der Waals surface area contributed by atoms with Crippen LogP contribution >= 0.6 is 0 Å². The number of unbranched alkanes of at least 4 members (excludes halogenated alkanes) is 9. The van der Waals surface area contributed by atoms with E-state index in [4.69, 9.17) is 10.9 Å². The fourth-order valence-electron chi connectivity index (χ4n) is 1.90. The van der Waals surface area contributed by atoms with Crippen LogP contribution in [-0.2, 0) is 4.79 Å². The molecular formula is C13H28N2O2. The van der Waals surface area contributed by atoms with Gasteiger partial charge in [0.2, 0.25) is 5.91 Å². The third kappa shape index (κ3) is 13.3. The molecule has 0 saturated heterocycles. The van der Waals surface area contributed by atoms with Gasteiger partial charge in [-0.05, 0) is 19.4 Å². The van der Waals surface area contributed by atoms with Gasteiger partial charge in [-0.15, -0.1) is 0 Å². The molecule has 0 aliphatic rings. The molecule has 0 aromatic rings. The van der Waals surface area contributed by atoms with Crippen LogP contribution in [0.2, 0.25) is 0 Å². The average Bonchev–Trinajstić information content (AvgIpc) is 2.35. The van der Waals surface area contributed by atoms with Gasteiger partial charge in [-0.1, -0.05) is 51.4 Å². The second-order valence-corrected chi connectivity index (χ2v) is 4.61. The topological polar surface area (TPSA) is 75.4 Å². The molecule has 17 heavy (non-hydrogen) atoms. The second-order valence-electron chi connectivity index (χ2n) is 4.61. The van der Waals surface area contributed by atoms with Gasteiger partial charge >= 0.3 is 0 Å². The van der Waals surface area contributed by atoms with Gasteiger partial charge in [-0.2, -0.15) is 0 Å². The number of hydroxylamine groups is 1. The van der Waals surface area contributed by atoms with Crippen molar-refractivity contribution in [1.29, 1.82) is 0 Å². The Hall–Kier alpha value is -0.610. The summed E-state index contributed by atoms with van der Waals surface area (Å²) < 4.78 is 0. The number of hydrogen-bond acceptors (Lipinski definition) is 3. The number of rotatable bonds is 12. The van der Waals surface area contributed by atoms with Crippen LogP contribution in [0.25, 0.3) is 0 Å². The van der Waals surface area contributed by atoms with Crippen molar-refractivity contribution in [3.63, 3.8) is 0 Å². The van der Waals surface area contributed by atoms with E-state index in [-0.39, 0.29) is 5.91 Å². The van der Waals surface area contributed by atoms with Crippen LogP contribution in [0.3, 0.4) is 0 Å². The number of nitrogens with one attached hydrogen (secondary N) is 1. The average molecular weight is 244 g/mol. The van der Waals surface area contributed by atoms with E-state index in [9.17, 15) is 4.79 Å². The molecule has 102 valence electrons. The molecule has 0 saturated carbocycles. The van der Waals surface area contributed by atoms with Gasteiger partial charge in [-0.3, -0.25) is 10.0 Å². The molecule has 0 heterocycles. The maximum Gasteiger partial charge on any atom is 0.243 e. The molecule has 0 atom stereocenters. The van der Waals surface area contributed by atoms with Crippen molar-refractivity contribution in [3.8, 4) is 0 Å². The molecular weight excluding hydrogens is 216 g/mol. The van der Waals surface area contributed by atoms with Crippen LogP contribution in [0, 0.1) is 0 Å². The fraction of sp³-hybridized carbons (Fsp3) is 0.923. The molecule has 0 aliphatic heterocycles. The summed E-state index contributed by atoms with van der Waals surface area (Å²) in [5.41, 5.74) is 7.08. The Balaban J connectivity index is 2.96. The van der Waals surface area contributed by atoms with E-state index in [0.717, 1.165) is 25.8 Å². The zero-order valence-corrected chi connectivity index (χ0v) is 10.9. The molecule has 0 aromatic heterocycles. The van der Waals surface area contributed by atoms with Crippen molar-refractivity contribution in [1.82, 2.24) is 5.48 Å². The minimum absolute atomic E-state index is 0.273. The predicted octanol–water partition coefficient (Wildman–Crippen LogP) is 2.74. The first-order valence-corrected chi connectivity index (χ1v) is 6.94. The van der Waals surface area contributed by atoms with E-state index in [2.05, 4.69) is 0 Å². The standard InChI is InChI=1S/C13H28N2O2/c14-12-10-8-6-4-2-1-3-5-7-9-11-13(16)15-17/h17H,1-12,14H2,(H,15,16). The van der Waals surface area contributed by atoms with Crippen LogP contribution in [0.1, 0.15) is 70.6 Å². The summed E-state index contributed by atoms with van der Waals surface area (Å²) in [5.74, 6) is -0.273. The van der Waals surface area contributed by atoms with Crippen molar-refractivity contribution < 1.29 is 10.0 Å². The molecule has 0 rings (SSSR count). The van der Waals surface area contributed by atoms with Crippen molar-refractivity contribution in [2.24, 2.45) is 5.73 Å². The zero-order valence-electron chi connectivity index (χ0n) is 10.9. The Labute approximate surface area is 105 Å². The Morgan fingerprint density at radius 1 is 0.824 bits per heavy atom. The third-order valence-electron chi connectivity index (χ3n) is 2.98. The maximum absolute atomic E-state index is 10.7. The molecule has 0 bridgehead atoms. The largest absolute Gasteiger partial charge is 0.330 e. The van der Waals surface area contributed by atoms with Crippen molar-refractivity contribution in [3.05, 3.63) is 0 Å². The summed E-state index contributed by atoms with van der Waals surface area (Å²) in [6.45, 7) is 0.821. The predicted molar refractivity (Wildman–Crippen MR) is 69.8 cm³/mol. The van der Waals surface area contributed by atoms with Gasteiger partial charge < -0.3 is 5.73 Å². The molecule has 0 radical (unpaired) electrons. The first-order valence-electron chi connectivity index (χ1n) is 6.94. The maximum atomic E-state index is 10.7. The first-order chi connectivity index (χ1) is 8.31. The fourth-order valence-corrected chi connectivity index (χ4v) is 1.90. The highest BCUT2D eigenvalue weighted by Crippen LogP contribution is 2.10. The first kappa shape index (κ1) is 16.4. The van der Waals surface area contributed by atoms with Crippen LogP contribution in [-0.4, -0.2) is 17.7 Å². The summed E-state index contributed by atoms with van der Waals surface area (Å²) in [6, 6.07) is 0. The summed E-state index contributed by atoms with van der Waals surface area (Å²) in [7, 11) is 0. The minimum atomic E-state index is -0.273. The van der Waals surface area contributed by atoms with Gasteiger partial charge in [0.15, 0.2) is 0 Å². The SMILES string of the molecule is NCCCCCCCCCCCCC(=O)NO. The molecule has 1 amide bonds. The Bertz CT molecular complexity index is 175. The number of carbonyl (C=O) groups excluding carboxylic acids is 1. The number of amides is 1. The Kier molecular flexibility index (Phi) is 13.0. The molecule has 4 N–H and O–H groups in total. The molecule has 0 fully saturated rings.